The van der Waals surface area contributed by atoms with Crippen molar-refractivity contribution in [3.05, 3.63) is 47.5 Å². The number of ketones is 1. The number of methoxy groups -OCH3 is 1. The summed E-state index contributed by atoms with van der Waals surface area (Å²) in [6.45, 7) is 6.01. The van der Waals surface area contributed by atoms with E-state index < -0.39 is 0 Å². The first-order valence-corrected chi connectivity index (χ1v) is 7.23. The first kappa shape index (κ1) is 14.7. The average Bonchev–Trinajstić information content (AvgIpc) is 2.80. The number of Topliss-reactive ketones (excluding diaryl/α,β-unsaturated/α-hetero) is 1. The van der Waals surface area contributed by atoms with E-state index in [1.807, 2.05) is 30.3 Å². The minimum absolute atomic E-state index is 0.0538. The molecule has 2 nitrogen and oxygen atoms in total. The summed E-state index contributed by atoms with van der Waals surface area (Å²) in [7, 11) is 1.69. The number of carbonyl (C=O) groups is 1. The number of benzene rings is 1. The van der Waals surface area contributed by atoms with Gasteiger partial charge in [-0.25, -0.2) is 0 Å². The quantitative estimate of drug-likeness (QED) is 0.772. The van der Waals surface area contributed by atoms with Crippen molar-refractivity contribution >= 4 is 17.4 Å². The van der Waals surface area contributed by atoms with Crippen molar-refractivity contribution in [2.24, 2.45) is 0 Å². The minimum atomic E-state index is -0.0538. The van der Waals surface area contributed by atoms with Gasteiger partial charge in [-0.15, -0.1) is 0 Å². The molecule has 1 aromatic rings. The van der Waals surface area contributed by atoms with Crippen LogP contribution in [0.4, 0.5) is 0 Å². The summed E-state index contributed by atoms with van der Waals surface area (Å²) in [6.07, 6.45) is 5.36. The van der Waals surface area contributed by atoms with Gasteiger partial charge in [0.25, 0.3) is 0 Å². The molecule has 106 valence electrons. The average molecular weight is 270 g/mol. The Morgan fingerprint density at radius 1 is 1.40 bits per heavy atom. The van der Waals surface area contributed by atoms with Crippen LogP contribution in [-0.2, 0) is 9.53 Å². The van der Waals surface area contributed by atoms with E-state index >= 15 is 0 Å². The molecule has 2 heteroatoms. The maximum absolute atomic E-state index is 12.4. The van der Waals surface area contributed by atoms with E-state index in [1.165, 1.54) is 0 Å². The summed E-state index contributed by atoms with van der Waals surface area (Å²) in [5.74, 6) is 0.192. The molecule has 0 spiro atoms. The Labute approximate surface area is 121 Å². The largest absolute Gasteiger partial charge is 0.377 e. The first-order chi connectivity index (χ1) is 9.72. The molecule has 1 atom stereocenters. The Hall–Kier alpha value is -1.67. The van der Waals surface area contributed by atoms with Crippen LogP contribution < -0.4 is 0 Å². The highest BCUT2D eigenvalue weighted by Crippen LogP contribution is 2.37. The van der Waals surface area contributed by atoms with Gasteiger partial charge in [0.15, 0.2) is 5.78 Å². The normalized spacial score (nSPS) is 18.7. The Kier molecular flexibility index (Phi) is 4.91. The van der Waals surface area contributed by atoms with Gasteiger partial charge in [0, 0.05) is 19.1 Å². The summed E-state index contributed by atoms with van der Waals surface area (Å²) in [5, 5.41) is 0. The summed E-state index contributed by atoms with van der Waals surface area (Å²) >= 11 is 0. The van der Waals surface area contributed by atoms with Gasteiger partial charge in [-0.2, -0.15) is 0 Å². The topological polar surface area (TPSA) is 26.3 Å². The fourth-order valence-electron chi connectivity index (χ4n) is 2.84. The van der Waals surface area contributed by atoms with Gasteiger partial charge in [-0.05, 0) is 29.5 Å². The van der Waals surface area contributed by atoms with E-state index in [0.717, 1.165) is 41.5 Å². The number of ether oxygens (including phenoxy) is 1. The molecule has 0 aliphatic heterocycles. The van der Waals surface area contributed by atoms with Crippen molar-refractivity contribution in [2.75, 3.05) is 7.11 Å². The zero-order valence-corrected chi connectivity index (χ0v) is 12.3. The Morgan fingerprint density at radius 2 is 2.15 bits per heavy atom. The second kappa shape index (κ2) is 6.67. The highest BCUT2D eigenvalue weighted by atomic mass is 16.5. The van der Waals surface area contributed by atoms with Crippen molar-refractivity contribution in [3.8, 4) is 0 Å². The van der Waals surface area contributed by atoms with Crippen LogP contribution in [0.25, 0.3) is 11.6 Å². The molecule has 0 bridgehead atoms. The number of hydrogen-bond acceptors (Lipinski definition) is 2. The molecule has 2 rings (SSSR count). The number of unbranched alkanes of at least 4 members (excludes halogenated alkanes) is 1. The summed E-state index contributed by atoms with van der Waals surface area (Å²) in [4.78, 5) is 12.4. The monoisotopic (exact) mass is 270 g/mol. The fraction of sp³-hybridized carbons (Fsp3) is 0.389. The third kappa shape index (κ3) is 2.75. The van der Waals surface area contributed by atoms with Crippen LogP contribution in [0.15, 0.2) is 36.4 Å². The van der Waals surface area contributed by atoms with E-state index in [9.17, 15) is 4.79 Å². The molecule has 0 fully saturated rings. The second-order valence-electron chi connectivity index (χ2n) is 5.15. The minimum Gasteiger partial charge on any atom is -0.377 e. The summed E-state index contributed by atoms with van der Waals surface area (Å²) < 4.78 is 5.51. The lowest BCUT2D eigenvalue weighted by molar-refractivity contribution is -0.114. The SMILES string of the molecule is C=Cc1ccccc1C1=C(CCCC)C(OC)CC1=O. The molecule has 1 unspecified atom stereocenters. The number of hydrogen-bond donors (Lipinski definition) is 0. The van der Waals surface area contributed by atoms with Gasteiger partial charge in [0.1, 0.15) is 0 Å². The van der Waals surface area contributed by atoms with Crippen LogP contribution in [0.1, 0.15) is 43.7 Å². The second-order valence-corrected chi connectivity index (χ2v) is 5.15. The highest BCUT2D eigenvalue weighted by molar-refractivity contribution is 6.25. The molecule has 0 saturated heterocycles. The van der Waals surface area contributed by atoms with Crippen molar-refractivity contribution < 1.29 is 9.53 Å². The van der Waals surface area contributed by atoms with E-state index in [2.05, 4.69) is 13.5 Å². The molecule has 0 aromatic heterocycles. The standard InChI is InChI=1S/C18H22O2/c1-4-6-10-15-17(20-3)12-16(19)18(15)14-11-8-7-9-13(14)5-2/h5,7-9,11,17H,2,4,6,10,12H2,1,3H3. The first-order valence-electron chi connectivity index (χ1n) is 7.23. The molecule has 0 radical (unpaired) electrons. The lowest BCUT2D eigenvalue weighted by atomic mass is 9.94. The summed E-state index contributed by atoms with van der Waals surface area (Å²) in [6, 6.07) is 7.95. The van der Waals surface area contributed by atoms with Gasteiger partial charge < -0.3 is 4.74 Å². The van der Waals surface area contributed by atoms with Gasteiger partial charge in [0.05, 0.1) is 6.10 Å². The van der Waals surface area contributed by atoms with Gasteiger partial charge >= 0.3 is 0 Å². The maximum atomic E-state index is 12.4. The number of rotatable bonds is 6. The zero-order valence-electron chi connectivity index (χ0n) is 12.3. The fourth-order valence-corrected chi connectivity index (χ4v) is 2.84. The number of carbonyl (C=O) groups excluding carboxylic acids is 1. The third-order valence-corrected chi connectivity index (χ3v) is 3.89. The van der Waals surface area contributed by atoms with Crippen molar-refractivity contribution in [1.82, 2.24) is 0 Å². The smallest absolute Gasteiger partial charge is 0.166 e. The van der Waals surface area contributed by atoms with Gasteiger partial charge in [0.2, 0.25) is 0 Å². The Morgan fingerprint density at radius 3 is 2.80 bits per heavy atom. The zero-order chi connectivity index (χ0) is 14.5. The van der Waals surface area contributed by atoms with Crippen LogP contribution in [0, 0.1) is 0 Å². The van der Waals surface area contributed by atoms with Crippen molar-refractivity contribution in [1.29, 1.82) is 0 Å². The Bertz CT molecular complexity index is 540. The van der Waals surface area contributed by atoms with Crippen LogP contribution >= 0.6 is 0 Å². The number of allylic oxidation sites excluding steroid dienone is 1. The van der Waals surface area contributed by atoms with E-state index in [0.29, 0.717) is 6.42 Å². The van der Waals surface area contributed by atoms with Crippen molar-refractivity contribution in [3.63, 3.8) is 0 Å². The predicted octanol–water partition coefficient (Wildman–Crippen LogP) is 4.26. The molecule has 0 heterocycles. The van der Waals surface area contributed by atoms with E-state index in [4.69, 9.17) is 4.74 Å². The van der Waals surface area contributed by atoms with E-state index in [1.54, 1.807) is 7.11 Å². The molecule has 0 N–H and O–H groups in total. The predicted molar refractivity (Wildman–Crippen MR) is 83.4 cm³/mol. The maximum Gasteiger partial charge on any atom is 0.166 e. The molecule has 0 amide bonds. The van der Waals surface area contributed by atoms with Crippen LogP contribution in [-0.4, -0.2) is 19.0 Å². The van der Waals surface area contributed by atoms with Crippen LogP contribution in [0.5, 0.6) is 0 Å². The molecule has 1 aliphatic carbocycles. The van der Waals surface area contributed by atoms with Crippen LogP contribution in [0.2, 0.25) is 0 Å². The third-order valence-electron chi connectivity index (χ3n) is 3.89. The van der Waals surface area contributed by atoms with Crippen LogP contribution in [0.3, 0.4) is 0 Å². The van der Waals surface area contributed by atoms with Gasteiger partial charge in [-0.1, -0.05) is 50.3 Å². The molecule has 1 aromatic carbocycles. The lowest BCUT2D eigenvalue weighted by Crippen LogP contribution is -2.10. The van der Waals surface area contributed by atoms with E-state index in [-0.39, 0.29) is 11.9 Å². The van der Waals surface area contributed by atoms with Gasteiger partial charge in [-0.3, -0.25) is 4.79 Å². The Balaban J connectivity index is 2.52. The molecular formula is C18H22O2. The molecular weight excluding hydrogens is 248 g/mol. The van der Waals surface area contributed by atoms with Crippen molar-refractivity contribution in [2.45, 2.75) is 38.7 Å². The summed E-state index contributed by atoms with van der Waals surface area (Å²) in [5.41, 5.74) is 4.04. The lowest BCUT2D eigenvalue weighted by Gasteiger charge is -2.14. The highest BCUT2D eigenvalue weighted by Gasteiger charge is 2.33. The molecule has 0 saturated carbocycles. The molecule has 20 heavy (non-hydrogen) atoms. The molecule has 1 aliphatic rings.